The summed E-state index contributed by atoms with van der Waals surface area (Å²) >= 11 is 0. The first kappa shape index (κ1) is 15.6. The van der Waals surface area contributed by atoms with Gasteiger partial charge in [0, 0.05) is 11.1 Å². The molecule has 2 rings (SSSR count). The highest BCUT2D eigenvalue weighted by Crippen LogP contribution is 2.39. The summed E-state index contributed by atoms with van der Waals surface area (Å²) in [5.74, 6) is -0.138. The SMILES string of the molecule is COc1cc(C(C)=O)cc(-c2ccc(C(=O)O)cc2)c1OC. The Kier molecular flexibility index (Phi) is 4.46. The molecule has 0 unspecified atom stereocenters. The molecule has 114 valence electrons. The molecule has 0 radical (unpaired) electrons. The fourth-order valence-corrected chi connectivity index (χ4v) is 2.17. The van der Waals surface area contributed by atoms with E-state index in [1.165, 1.54) is 33.3 Å². The van der Waals surface area contributed by atoms with Crippen LogP contribution in [0.5, 0.6) is 11.5 Å². The molecule has 1 N–H and O–H groups in total. The lowest BCUT2D eigenvalue weighted by Crippen LogP contribution is -2.00. The Bertz CT molecular complexity index is 717. The number of ether oxygens (including phenoxy) is 2. The molecule has 5 nitrogen and oxygen atoms in total. The number of carbonyl (C=O) groups excluding carboxylic acids is 1. The first-order valence-electron chi connectivity index (χ1n) is 6.58. The van der Waals surface area contributed by atoms with Crippen molar-refractivity contribution in [1.29, 1.82) is 0 Å². The van der Waals surface area contributed by atoms with Crippen molar-refractivity contribution < 1.29 is 24.2 Å². The van der Waals surface area contributed by atoms with Crippen LogP contribution in [0, 0.1) is 0 Å². The van der Waals surface area contributed by atoms with Crippen LogP contribution in [0.4, 0.5) is 0 Å². The molecule has 0 saturated carbocycles. The summed E-state index contributed by atoms with van der Waals surface area (Å²) < 4.78 is 10.7. The number of hydrogen-bond donors (Lipinski definition) is 1. The second-order valence-electron chi connectivity index (χ2n) is 4.70. The second kappa shape index (κ2) is 6.30. The average Bonchev–Trinajstić information content (AvgIpc) is 2.53. The van der Waals surface area contributed by atoms with Gasteiger partial charge in [-0.25, -0.2) is 4.79 Å². The van der Waals surface area contributed by atoms with Gasteiger partial charge in [-0.2, -0.15) is 0 Å². The molecule has 22 heavy (non-hydrogen) atoms. The summed E-state index contributed by atoms with van der Waals surface area (Å²) in [5, 5.41) is 8.96. The number of carboxylic acids is 1. The number of benzene rings is 2. The molecule has 0 amide bonds. The highest BCUT2D eigenvalue weighted by Gasteiger charge is 2.16. The van der Waals surface area contributed by atoms with Crippen LogP contribution in [-0.2, 0) is 0 Å². The van der Waals surface area contributed by atoms with Gasteiger partial charge in [0.15, 0.2) is 17.3 Å². The van der Waals surface area contributed by atoms with Crippen LogP contribution < -0.4 is 9.47 Å². The third-order valence-electron chi connectivity index (χ3n) is 3.33. The number of hydrogen-bond acceptors (Lipinski definition) is 4. The molecule has 0 saturated heterocycles. The maximum Gasteiger partial charge on any atom is 0.335 e. The van der Waals surface area contributed by atoms with Gasteiger partial charge in [-0.1, -0.05) is 12.1 Å². The van der Waals surface area contributed by atoms with Crippen molar-refractivity contribution in [2.75, 3.05) is 14.2 Å². The standard InChI is InChI=1S/C17H16O5/c1-10(18)13-8-14(16(22-3)15(9-13)21-2)11-4-6-12(7-5-11)17(19)20/h4-9H,1-3H3,(H,19,20). The minimum Gasteiger partial charge on any atom is -0.493 e. The second-order valence-corrected chi connectivity index (χ2v) is 4.70. The minimum absolute atomic E-state index is 0.0932. The van der Waals surface area contributed by atoms with Gasteiger partial charge in [-0.05, 0) is 36.8 Å². The summed E-state index contributed by atoms with van der Waals surface area (Å²) in [5.41, 5.74) is 2.10. The van der Waals surface area contributed by atoms with Crippen molar-refractivity contribution in [3.05, 3.63) is 47.5 Å². The maximum absolute atomic E-state index is 11.7. The lowest BCUT2D eigenvalue weighted by atomic mass is 9.98. The van der Waals surface area contributed by atoms with E-state index >= 15 is 0 Å². The van der Waals surface area contributed by atoms with Crippen molar-refractivity contribution in [2.45, 2.75) is 6.92 Å². The third-order valence-corrected chi connectivity index (χ3v) is 3.33. The van der Waals surface area contributed by atoms with Crippen molar-refractivity contribution >= 4 is 11.8 Å². The molecule has 0 atom stereocenters. The van der Waals surface area contributed by atoms with E-state index in [-0.39, 0.29) is 11.3 Å². The Morgan fingerprint density at radius 3 is 2.05 bits per heavy atom. The molecule has 0 spiro atoms. The molecular weight excluding hydrogens is 284 g/mol. The lowest BCUT2D eigenvalue weighted by Gasteiger charge is -2.14. The van der Waals surface area contributed by atoms with Crippen LogP contribution in [-0.4, -0.2) is 31.1 Å². The monoisotopic (exact) mass is 300 g/mol. The zero-order chi connectivity index (χ0) is 16.3. The van der Waals surface area contributed by atoms with Crippen molar-refractivity contribution in [1.82, 2.24) is 0 Å². The molecule has 2 aromatic carbocycles. The molecular formula is C17H16O5. The predicted octanol–water partition coefficient (Wildman–Crippen LogP) is 3.27. The molecule has 0 aromatic heterocycles. The molecule has 5 heteroatoms. The summed E-state index contributed by atoms with van der Waals surface area (Å²) in [6.45, 7) is 1.47. The smallest absolute Gasteiger partial charge is 0.335 e. The molecule has 0 aliphatic rings. The van der Waals surface area contributed by atoms with Crippen molar-refractivity contribution in [3.8, 4) is 22.6 Å². The van der Waals surface area contributed by atoms with Crippen LogP contribution in [0.3, 0.4) is 0 Å². The molecule has 0 fully saturated rings. The number of carboxylic acid groups (broad SMARTS) is 1. The Morgan fingerprint density at radius 2 is 1.59 bits per heavy atom. The highest BCUT2D eigenvalue weighted by molar-refractivity contribution is 5.97. The number of Topliss-reactive ketones (excluding diaryl/α,β-unsaturated/α-hetero) is 1. The Balaban J connectivity index is 2.63. The van der Waals surface area contributed by atoms with Crippen molar-refractivity contribution in [2.24, 2.45) is 0 Å². The van der Waals surface area contributed by atoms with E-state index in [1.54, 1.807) is 24.3 Å². The lowest BCUT2D eigenvalue weighted by molar-refractivity contribution is 0.0696. The molecule has 0 bridgehead atoms. The van der Waals surface area contributed by atoms with Gasteiger partial charge in [0.25, 0.3) is 0 Å². The fraction of sp³-hybridized carbons (Fsp3) is 0.176. The predicted molar refractivity (Wildman–Crippen MR) is 81.9 cm³/mol. The van der Waals surface area contributed by atoms with Gasteiger partial charge < -0.3 is 14.6 Å². The largest absolute Gasteiger partial charge is 0.493 e. The van der Waals surface area contributed by atoms with E-state index < -0.39 is 5.97 Å². The Hall–Kier alpha value is -2.82. The Morgan fingerprint density at radius 1 is 0.955 bits per heavy atom. The van der Waals surface area contributed by atoms with Crippen LogP contribution in [0.25, 0.3) is 11.1 Å². The number of aromatic carboxylic acids is 1. The zero-order valence-electron chi connectivity index (χ0n) is 12.5. The third kappa shape index (κ3) is 2.93. The van der Waals surface area contributed by atoms with Gasteiger partial charge in [0.2, 0.25) is 0 Å². The summed E-state index contributed by atoms with van der Waals surface area (Å²) in [7, 11) is 3.01. The number of ketones is 1. The van der Waals surface area contributed by atoms with Gasteiger partial charge in [-0.3, -0.25) is 4.79 Å². The van der Waals surface area contributed by atoms with E-state index in [9.17, 15) is 9.59 Å². The number of rotatable bonds is 5. The van der Waals surface area contributed by atoms with Crippen molar-refractivity contribution in [3.63, 3.8) is 0 Å². The Labute approximate surface area is 128 Å². The average molecular weight is 300 g/mol. The summed E-state index contributed by atoms with van der Waals surface area (Å²) in [4.78, 5) is 22.6. The van der Waals surface area contributed by atoms with E-state index in [1.807, 2.05) is 0 Å². The quantitative estimate of drug-likeness (QED) is 0.858. The summed E-state index contributed by atoms with van der Waals surface area (Å²) in [6, 6.07) is 9.68. The zero-order valence-corrected chi connectivity index (χ0v) is 12.5. The van der Waals surface area contributed by atoms with Crippen LogP contribution in [0.1, 0.15) is 27.6 Å². The topological polar surface area (TPSA) is 72.8 Å². The fourth-order valence-electron chi connectivity index (χ4n) is 2.17. The minimum atomic E-state index is -0.992. The molecule has 2 aromatic rings. The first-order valence-corrected chi connectivity index (χ1v) is 6.58. The van der Waals surface area contributed by atoms with Gasteiger partial charge in [0.05, 0.1) is 19.8 Å². The van der Waals surface area contributed by atoms with Crippen LogP contribution in [0.15, 0.2) is 36.4 Å². The van der Waals surface area contributed by atoms with Gasteiger partial charge >= 0.3 is 5.97 Å². The maximum atomic E-state index is 11.7. The first-order chi connectivity index (χ1) is 10.5. The molecule has 0 aliphatic heterocycles. The molecule has 0 heterocycles. The molecule has 0 aliphatic carbocycles. The van der Waals surface area contributed by atoms with E-state index in [2.05, 4.69) is 0 Å². The van der Waals surface area contributed by atoms with E-state index in [4.69, 9.17) is 14.6 Å². The highest BCUT2D eigenvalue weighted by atomic mass is 16.5. The normalized spacial score (nSPS) is 10.1. The van der Waals surface area contributed by atoms with Crippen LogP contribution >= 0.6 is 0 Å². The van der Waals surface area contributed by atoms with Crippen LogP contribution in [0.2, 0.25) is 0 Å². The summed E-state index contributed by atoms with van der Waals surface area (Å²) in [6.07, 6.45) is 0. The number of methoxy groups -OCH3 is 2. The van der Waals surface area contributed by atoms with Gasteiger partial charge in [0.1, 0.15) is 0 Å². The van der Waals surface area contributed by atoms with E-state index in [0.29, 0.717) is 22.6 Å². The van der Waals surface area contributed by atoms with E-state index in [0.717, 1.165) is 5.56 Å². The van der Waals surface area contributed by atoms with Gasteiger partial charge in [-0.15, -0.1) is 0 Å². The number of carbonyl (C=O) groups is 2.